The number of hydrogen-bond acceptors (Lipinski definition) is 2. The average molecular weight is 210 g/mol. The first-order chi connectivity index (χ1) is 7.70. The molecule has 0 aliphatic rings. The second-order valence-corrected chi connectivity index (χ2v) is 3.63. The SMILES string of the molecule is [CH2]c1ccccc1N(N)c1ccccc1[CH2]. The van der Waals surface area contributed by atoms with E-state index in [1.165, 1.54) is 0 Å². The fourth-order valence-electron chi connectivity index (χ4n) is 1.62. The largest absolute Gasteiger partial charge is 0.279 e. The fraction of sp³-hybridized carbons (Fsp3) is 0. The summed E-state index contributed by atoms with van der Waals surface area (Å²) in [6.07, 6.45) is 0. The zero-order valence-corrected chi connectivity index (χ0v) is 9.06. The molecule has 2 nitrogen and oxygen atoms in total. The molecular formula is C14H14N2. The summed E-state index contributed by atoms with van der Waals surface area (Å²) in [6.45, 7) is 7.91. The number of hydrazine groups is 1. The molecule has 0 aliphatic carbocycles. The van der Waals surface area contributed by atoms with Gasteiger partial charge in [-0.3, -0.25) is 5.01 Å². The third kappa shape index (κ3) is 1.92. The van der Waals surface area contributed by atoms with Crippen LogP contribution in [0.5, 0.6) is 0 Å². The molecule has 0 saturated carbocycles. The van der Waals surface area contributed by atoms with Crippen LogP contribution in [0.4, 0.5) is 11.4 Å². The third-order valence-electron chi connectivity index (χ3n) is 2.50. The molecule has 0 bridgehead atoms. The maximum atomic E-state index is 6.07. The molecule has 0 fully saturated rings. The summed E-state index contributed by atoms with van der Waals surface area (Å²) in [6, 6.07) is 15.5. The Labute approximate surface area is 96.3 Å². The Balaban J connectivity index is 2.44. The van der Waals surface area contributed by atoms with Gasteiger partial charge >= 0.3 is 0 Å². The van der Waals surface area contributed by atoms with Gasteiger partial charge in [-0.15, -0.1) is 0 Å². The highest BCUT2D eigenvalue weighted by Crippen LogP contribution is 2.26. The lowest BCUT2D eigenvalue weighted by Gasteiger charge is -2.22. The zero-order valence-electron chi connectivity index (χ0n) is 9.06. The fourth-order valence-corrected chi connectivity index (χ4v) is 1.62. The summed E-state index contributed by atoms with van der Waals surface area (Å²) in [7, 11) is 0. The molecule has 0 heterocycles. The van der Waals surface area contributed by atoms with Gasteiger partial charge in [0.2, 0.25) is 0 Å². The van der Waals surface area contributed by atoms with Crippen molar-refractivity contribution in [1.29, 1.82) is 0 Å². The predicted molar refractivity (Wildman–Crippen MR) is 68.1 cm³/mol. The minimum atomic E-state index is 0.888. The van der Waals surface area contributed by atoms with E-state index in [-0.39, 0.29) is 0 Å². The van der Waals surface area contributed by atoms with E-state index in [0.29, 0.717) is 0 Å². The number of rotatable bonds is 2. The molecule has 80 valence electrons. The minimum Gasteiger partial charge on any atom is -0.279 e. The molecule has 0 amide bonds. The quantitative estimate of drug-likeness (QED) is 0.609. The lowest BCUT2D eigenvalue weighted by Crippen LogP contribution is -2.26. The van der Waals surface area contributed by atoms with Crippen LogP contribution in [0.3, 0.4) is 0 Å². The van der Waals surface area contributed by atoms with E-state index >= 15 is 0 Å². The number of para-hydroxylation sites is 2. The molecule has 0 aliphatic heterocycles. The molecule has 2 radical (unpaired) electrons. The van der Waals surface area contributed by atoms with Crippen LogP contribution in [0.1, 0.15) is 11.1 Å². The van der Waals surface area contributed by atoms with Gasteiger partial charge in [0.05, 0.1) is 11.4 Å². The van der Waals surface area contributed by atoms with Crippen LogP contribution in [-0.2, 0) is 0 Å². The Morgan fingerprint density at radius 1 is 0.750 bits per heavy atom. The maximum absolute atomic E-state index is 6.07. The Bertz CT molecular complexity index is 446. The number of benzene rings is 2. The van der Waals surface area contributed by atoms with Crippen molar-refractivity contribution in [2.24, 2.45) is 5.84 Å². The van der Waals surface area contributed by atoms with Crippen molar-refractivity contribution in [2.45, 2.75) is 0 Å². The van der Waals surface area contributed by atoms with E-state index in [4.69, 9.17) is 5.84 Å². The van der Waals surface area contributed by atoms with E-state index in [1.54, 1.807) is 5.01 Å². The van der Waals surface area contributed by atoms with Gasteiger partial charge in [0, 0.05) is 0 Å². The molecule has 16 heavy (non-hydrogen) atoms. The van der Waals surface area contributed by atoms with Gasteiger partial charge < -0.3 is 0 Å². The van der Waals surface area contributed by atoms with E-state index in [1.807, 2.05) is 48.5 Å². The standard InChI is InChI=1S/C14H14N2/c1-11-7-3-5-9-13(11)16(15)14-10-6-4-8-12(14)2/h3-10H,1-2,15H2. The van der Waals surface area contributed by atoms with Crippen LogP contribution in [0.2, 0.25) is 0 Å². The number of hydrogen-bond donors (Lipinski definition) is 1. The topological polar surface area (TPSA) is 29.3 Å². The molecule has 2 rings (SSSR count). The molecule has 0 saturated heterocycles. The summed E-state index contributed by atoms with van der Waals surface area (Å²) in [5.74, 6) is 6.07. The van der Waals surface area contributed by atoms with Gasteiger partial charge in [0.1, 0.15) is 0 Å². The van der Waals surface area contributed by atoms with E-state index in [2.05, 4.69) is 13.8 Å². The van der Waals surface area contributed by atoms with Crippen molar-refractivity contribution in [3.8, 4) is 0 Å². The predicted octanol–water partition coefficient (Wildman–Crippen LogP) is 3.06. The summed E-state index contributed by atoms with van der Waals surface area (Å²) in [5.41, 5.74) is 3.57. The summed E-state index contributed by atoms with van der Waals surface area (Å²) in [5, 5.41) is 1.62. The molecule has 0 spiro atoms. The molecule has 2 heteroatoms. The summed E-state index contributed by atoms with van der Waals surface area (Å²) < 4.78 is 0. The molecule has 0 atom stereocenters. The minimum absolute atomic E-state index is 0.888. The first kappa shape index (κ1) is 10.7. The average Bonchev–Trinajstić information content (AvgIpc) is 2.29. The molecule has 2 aromatic carbocycles. The van der Waals surface area contributed by atoms with E-state index in [9.17, 15) is 0 Å². The van der Waals surface area contributed by atoms with Crippen LogP contribution in [-0.4, -0.2) is 0 Å². The molecule has 0 unspecified atom stereocenters. The van der Waals surface area contributed by atoms with Gasteiger partial charge in [-0.05, 0) is 37.1 Å². The van der Waals surface area contributed by atoms with Crippen LogP contribution >= 0.6 is 0 Å². The number of nitrogens with zero attached hydrogens (tertiary/aromatic N) is 1. The van der Waals surface area contributed by atoms with Gasteiger partial charge in [-0.1, -0.05) is 36.4 Å². The molecule has 0 aromatic heterocycles. The van der Waals surface area contributed by atoms with Gasteiger partial charge in [-0.25, -0.2) is 5.84 Å². The highest BCUT2D eigenvalue weighted by Gasteiger charge is 2.08. The monoisotopic (exact) mass is 210 g/mol. The van der Waals surface area contributed by atoms with Crippen molar-refractivity contribution in [2.75, 3.05) is 5.01 Å². The molecular weight excluding hydrogens is 196 g/mol. The van der Waals surface area contributed by atoms with Gasteiger partial charge in [-0.2, -0.15) is 0 Å². The van der Waals surface area contributed by atoms with Crippen molar-refractivity contribution >= 4 is 11.4 Å². The van der Waals surface area contributed by atoms with Crippen molar-refractivity contribution in [3.05, 3.63) is 73.5 Å². The third-order valence-corrected chi connectivity index (χ3v) is 2.50. The first-order valence-corrected chi connectivity index (χ1v) is 5.07. The van der Waals surface area contributed by atoms with Crippen molar-refractivity contribution < 1.29 is 0 Å². The van der Waals surface area contributed by atoms with Crippen molar-refractivity contribution in [1.82, 2.24) is 0 Å². The Kier molecular flexibility index (Phi) is 2.93. The van der Waals surface area contributed by atoms with Gasteiger partial charge in [0.25, 0.3) is 0 Å². The van der Waals surface area contributed by atoms with E-state index in [0.717, 1.165) is 22.5 Å². The van der Waals surface area contributed by atoms with E-state index < -0.39 is 0 Å². The lowest BCUT2D eigenvalue weighted by molar-refractivity contribution is 1.08. The lowest BCUT2D eigenvalue weighted by atomic mass is 10.1. The number of nitrogens with two attached hydrogens (primary N) is 1. The highest BCUT2D eigenvalue weighted by molar-refractivity contribution is 5.68. The Morgan fingerprint density at radius 3 is 1.50 bits per heavy atom. The van der Waals surface area contributed by atoms with Crippen molar-refractivity contribution in [3.63, 3.8) is 0 Å². The smallest absolute Gasteiger partial charge is 0.0607 e. The second-order valence-electron chi connectivity index (χ2n) is 3.63. The molecule has 2 aromatic rings. The number of anilines is 2. The van der Waals surface area contributed by atoms with Crippen LogP contribution < -0.4 is 10.9 Å². The van der Waals surface area contributed by atoms with Crippen LogP contribution in [0, 0.1) is 13.8 Å². The van der Waals surface area contributed by atoms with Gasteiger partial charge in [0.15, 0.2) is 0 Å². The normalized spacial score (nSPS) is 10.2. The summed E-state index contributed by atoms with van der Waals surface area (Å²) in [4.78, 5) is 0. The molecule has 2 N–H and O–H groups in total. The second kappa shape index (κ2) is 4.37. The Morgan fingerprint density at radius 2 is 1.12 bits per heavy atom. The summed E-state index contributed by atoms with van der Waals surface area (Å²) >= 11 is 0. The first-order valence-electron chi connectivity index (χ1n) is 5.07. The van der Waals surface area contributed by atoms with Crippen LogP contribution in [0.25, 0.3) is 0 Å². The van der Waals surface area contributed by atoms with Crippen LogP contribution in [0.15, 0.2) is 48.5 Å². The maximum Gasteiger partial charge on any atom is 0.0607 e. The Hall–Kier alpha value is -1.80. The zero-order chi connectivity index (χ0) is 11.5. The highest BCUT2D eigenvalue weighted by atomic mass is 15.4.